The first-order valence-corrected chi connectivity index (χ1v) is 10.1. The van der Waals surface area contributed by atoms with E-state index in [0.717, 1.165) is 6.42 Å². The lowest BCUT2D eigenvalue weighted by molar-refractivity contribution is -0.147. The summed E-state index contributed by atoms with van der Waals surface area (Å²) in [4.78, 5) is 22.9. The van der Waals surface area contributed by atoms with Crippen molar-refractivity contribution in [3.8, 4) is 0 Å². The van der Waals surface area contributed by atoms with Crippen molar-refractivity contribution in [3.63, 3.8) is 0 Å². The summed E-state index contributed by atoms with van der Waals surface area (Å²) >= 11 is 0. The van der Waals surface area contributed by atoms with Crippen LogP contribution in [0.2, 0.25) is 0 Å². The minimum Gasteiger partial charge on any atom is -0.481 e. The van der Waals surface area contributed by atoms with Gasteiger partial charge in [0.2, 0.25) is 0 Å². The largest absolute Gasteiger partial charge is 0.481 e. The third-order valence-corrected chi connectivity index (χ3v) is 4.94. The van der Waals surface area contributed by atoms with E-state index in [9.17, 15) is 9.59 Å². The molecular formula is C22H36O4. The van der Waals surface area contributed by atoms with Gasteiger partial charge in [0.05, 0.1) is 11.5 Å². The maximum absolute atomic E-state index is 11.8. The van der Waals surface area contributed by atoms with Crippen LogP contribution in [-0.4, -0.2) is 29.1 Å². The zero-order chi connectivity index (χ0) is 19.4. The third kappa shape index (κ3) is 9.91. The molecule has 2 unspecified atom stereocenters. The van der Waals surface area contributed by atoms with Crippen molar-refractivity contribution in [2.45, 2.75) is 97.2 Å². The molecule has 0 spiro atoms. The lowest BCUT2D eigenvalue weighted by Gasteiger charge is -2.17. The molecule has 0 aromatic rings. The smallest absolute Gasteiger partial charge is 0.309 e. The number of ether oxygens (including phenoxy) is 1. The average Bonchev–Trinajstić information content (AvgIpc) is 3.35. The fraction of sp³-hybridized carbons (Fsp3) is 0.727. The number of hydrogen-bond donors (Lipinski definition) is 1. The van der Waals surface area contributed by atoms with Gasteiger partial charge in [0.1, 0.15) is 6.10 Å². The van der Waals surface area contributed by atoms with E-state index in [2.05, 4.69) is 13.0 Å². The SMILES string of the molecule is CCCCCCCC/C=C\CC(=O)/C=C/C1OC1CCC(C)(C)C(=O)O. The van der Waals surface area contributed by atoms with Crippen LogP contribution in [0, 0.1) is 5.41 Å². The van der Waals surface area contributed by atoms with Crippen molar-refractivity contribution in [3.05, 3.63) is 24.3 Å². The number of carboxylic acids is 1. The van der Waals surface area contributed by atoms with E-state index < -0.39 is 11.4 Å². The Morgan fingerprint density at radius 1 is 1.08 bits per heavy atom. The molecule has 0 saturated carbocycles. The van der Waals surface area contributed by atoms with Crippen LogP contribution in [0.15, 0.2) is 24.3 Å². The van der Waals surface area contributed by atoms with Gasteiger partial charge in [-0.2, -0.15) is 0 Å². The van der Waals surface area contributed by atoms with Gasteiger partial charge in [-0.3, -0.25) is 9.59 Å². The topological polar surface area (TPSA) is 66.9 Å². The molecule has 1 aliphatic heterocycles. The molecule has 0 bridgehead atoms. The second-order valence-electron chi connectivity index (χ2n) is 7.92. The van der Waals surface area contributed by atoms with E-state index in [1.165, 1.54) is 38.5 Å². The first kappa shape index (κ1) is 22.6. The number of hydrogen-bond acceptors (Lipinski definition) is 3. The number of allylic oxidation sites excluding steroid dienone is 3. The standard InChI is InChI=1S/C22H36O4/c1-4-5-6-7-8-9-10-11-12-13-18(23)14-15-19-20(26-19)16-17-22(2,3)21(24)25/h11-12,14-15,19-20H,4-10,13,16-17H2,1-3H3,(H,24,25)/b12-11-,15-14+. The Labute approximate surface area is 158 Å². The lowest BCUT2D eigenvalue weighted by Crippen LogP contribution is -2.24. The van der Waals surface area contributed by atoms with Crippen molar-refractivity contribution in [2.24, 2.45) is 5.41 Å². The number of aliphatic carboxylic acids is 1. The van der Waals surface area contributed by atoms with Crippen LogP contribution < -0.4 is 0 Å². The molecule has 0 amide bonds. The Balaban J connectivity index is 2.07. The van der Waals surface area contributed by atoms with Crippen LogP contribution in [0.1, 0.15) is 85.0 Å². The monoisotopic (exact) mass is 364 g/mol. The summed E-state index contributed by atoms with van der Waals surface area (Å²) in [5.41, 5.74) is -0.725. The second kappa shape index (κ2) is 12.1. The van der Waals surface area contributed by atoms with Gasteiger partial charge in [0.15, 0.2) is 5.78 Å². The molecule has 1 fully saturated rings. The lowest BCUT2D eigenvalue weighted by atomic mass is 9.87. The van der Waals surface area contributed by atoms with Gasteiger partial charge in [-0.1, -0.05) is 51.2 Å². The number of carboxylic acid groups (broad SMARTS) is 1. The summed E-state index contributed by atoms with van der Waals surface area (Å²) in [6.07, 6.45) is 18.0. The Morgan fingerprint density at radius 2 is 1.77 bits per heavy atom. The summed E-state index contributed by atoms with van der Waals surface area (Å²) in [5.74, 6) is -0.697. The Hall–Kier alpha value is -1.42. The van der Waals surface area contributed by atoms with Crippen molar-refractivity contribution in [1.82, 2.24) is 0 Å². The quantitative estimate of drug-likeness (QED) is 0.181. The van der Waals surface area contributed by atoms with Gasteiger partial charge in [-0.25, -0.2) is 0 Å². The predicted octanol–water partition coefficient (Wildman–Crippen LogP) is 5.47. The molecule has 0 aliphatic carbocycles. The van der Waals surface area contributed by atoms with Crippen LogP contribution in [0.3, 0.4) is 0 Å². The van der Waals surface area contributed by atoms with Gasteiger partial charge in [0.25, 0.3) is 0 Å². The summed E-state index contributed by atoms with van der Waals surface area (Å²) in [5, 5.41) is 9.10. The maximum Gasteiger partial charge on any atom is 0.309 e. The number of carbonyl (C=O) groups is 2. The molecule has 4 heteroatoms. The van der Waals surface area contributed by atoms with Crippen LogP contribution in [-0.2, 0) is 14.3 Å². The molecule has 0 aromatic heterocycles. The van der Waals surface area contributed by atoms with Gasteiger partial charge >= 0.3 is 5.97 Å². The molecule has 4 nitrogen and oxygen atoms in total. The zero-order valence-corrected chi connectivity index (χ0v) is 16.7. The van der Waals surface area contributed by atoms with E-state index in [-0.39, 0.29) is 18.0 Å². The number of epoxide rings is 1. The molecule has 2 atom stereocenters. The second-order valence-corrected chi connectivity index (χ2v) is 7.92. The third-order valence-electron chi connectivity index (χ3n) is 4.94. The normalized spacial score (nSPS) is 20.1. The molecule has 148 valence electrons. The minimum absolute atomic E-state index is 0.0318. The fourth-order valence-corrected chi connectivity index (χ4v) is 2.80. The number of rotatable bonds is 15. The van der Waals surface area contributed by atoms with Crippen LogP contribution in [0.5, 0.6) is 0 Å². The molecule has 26 heavy (non-hydrogen) atoms. The summed E-state index contributed by atoms with van der Waals surface area (Å²) in [7, 11) is 0. The fourth-order valence-electron chi connectivity index (χ4n) is 2.80. The van der Waals surface area contributed by atoms with E-state index >= 15 is 0 Å². The van der Waals surface area contributed by atoms with Gasteiger partial charge in [-0.15, -0.1) is 0 Å². The van der Waals surface area contributed by atoms with E-state index in [1.807, 2.05) is 12.2 Å². The average molecular weight is 365 g/mol. The van der Waals surface area contributed by atoms with Crippen LogP contribution in [0.4, 0.5) is 0 Å². The van der Waals surface area contributed by atoms with Gasteiger partial charge in [0, 0.05) is 6.42 Å². The van der Waals surface area contributed by atoms with Gasteiger partial charge in [-0.05, 0) is 51.7 Å². The van der Waals surface area contributed by atoms with Crippen molar-refractivity contribution >= 4 is 11.8 Å². The molecule has 1 heterocycles. The van der Waals surface area contributed by atoms with E-state index in [4.69, 9.17) is 9.84 Å². The molecule has 1 rings (SSSR count). The molecule has 0 aromatic carbocycles. The highest BCUT2D eigenvalue weighted by Crippen LogP contribution is 2.33. The maximum atomic E-state index is 11.8. The summed E-state index contributed by atoms with van der Waals surface area (Å²) in [6, 6.07) is 0. The highest BCUT2D eigenvalue weighted by Gasteiger charge is 2.38. The Morgan fingerprint density at radius 3 is 2.46 bits per heavy atom. The van der Waals surface area contributed by atoms with Crippen molar-refractivity contribution in [2.75, 3.05) is 0 Å². The predicted molar refractivity (Wildman–Crippen MR) is 105 cm³/mol. The first-order valence-electron chi connectivity index (χ1n) is 10.1. The first-order chi connectivity index (χ1) is 12.4. The van der Waals surface area contributed by atoms with E-state index in [1.54, 1.807) is 19.9 Å². The number of unbranched alkanes of at least 4 members (excludes halogenated alkanes) is 6. The highest BCUT2D eigenvalue weighted by molar-refractivity contribution is 5.90. The molecule has 1 aliphatic rings. The van der Waals surface area contributed by atoms with Crippen LogP contribution in [0.25, 0.3) is 0 Å². The van der Waals surface area contributed by atoms with Gasteiger partial charge < -0.3 is 9.84 Å². The van der Waals surface area contributed by atoms with Crippen LogP contribution >= 0.6 is 0 Å². The molecule has 1 N–H and O–H groups in total. The molecular weight excluding hydrogens is 328 g/mol. The van der Waals surface area contributed by atoms with E-state index in [0.29, 0.717) is 19.3 Å². The number of ketones is 1. The van der Waals surface area contributed by atoms with Crippen molar-refractivity contribution in [1.29, 1.82) is 0 Å². The number of carbonyl (C=O) groups excluding carboxylic acids is 1. The highest BCUT2D eigenvalue weighted by atomic mass is 16.6. The summed E-state index contributed by atoms with van der Waals surface area (Å²) in [6.45, 7) is 5.68. The van der Waals surface area contributed by atoms with Crippen molar-refractivity contribution < 1.29 is 19.4 Å². The summed E-state index contributed by atoms with van der Waals surface area (Å²) < 4.78 is 5.49. The Kier molecular flexibility index (Phi) is 10.5. The zero-order valence-electron chi connectivity index (χ0n) is 16.7. The minimum atomic E-state index is -0.784. The molecule has 0 radical (unpaired) electrons. The Bertz CT molecular complexity index is 490. The molecule has 1 saturated heterocycles.